The monoisotopic (exact) mass is 349 g/mol. The number of carbonyl (C=O) groups is 1. The van der Waals surface area contributed by atoms with Gasteiger partial charge in [0.1, 0.15) is 0 Å². The molecule has 1 aliphatic rings. The van der Waals surface area contributed by atoms with Crippen molar-refractivity contribution in [2.45, 2.75) is 25.4 Å². The predicted molar refractivity (Wildman–Crippen MR) is 73.4 cm³/mol. The number of nitrogens with zero attached hydrogens (tertiary/aromatic N) is 1. The van der Waals surface area contributed by atoms with Crippen LogP contribution in [0.25, 0.3) is 0 Å². The van der Waals surface area contributed by atoms with E-state index in [0.717, 1.165) is 18.9 Å². The fourth-order valence-corrected chi connectivity index (χ4v) is 2.71. The van der Waals surface area contributed by atoms with Crippen LogP contribution in [0.4, 0.5) is 13.2 Å². The van der Waals surface area contributed by atoms with Gasteiger partial charge in [0.2, 0.25) is 0 Å². The molecule has 1 aromatic carbocycles. The van der Waals surface area contributed by atoms with Gasteiger partial charge in [0, 0.05) is 23.6 Å². The number of benzene rings is 1. The fraction of sp³-hybridized carbons (Fsp3) is 0.500. The van der Waals surface area contributed by atoms with Crippen molar-refractivity contribution < 1.29 is 18.0 Å². The second-order valence-electron chi connectivity index (χ2n) is 5.17. The van der Waals surface area contributed by atoms with Crippen LogP contribution < -0.4 is 0 Å². The van der Waals surface area contributed by atoms with Gasteiger partial charge in [0.25, 0.3) is 5.91 Å². The Morgan fingerprint density at radius 3 is 2.55 bits per heavy atom. The molecule has 20 heavy (non-hydrogen) atoms. The summed E-state index contributed by atoms with van der Waals surface area (Å²) in [6.45, 7) is 0.607. The lowest BCUT2D eigenvalue weighted by Crippen LogP contribution is -2.34. The molecule has 110 valence electrons. The van der Waals surface area contributed by atoms with Crippen molar-refractivity contribution in [2.24, 2.45) is 5.92 Å². The van der Waals surface area contributed by atoms with Crippen LogP contribution in [0.15, 0.2) is 22.7 Å². The molecule has 1 amide bonds. The molecule has 2 nitrogen and oxygen atoms in total. The molecular formula is C14H15BrF3NO. The minimum atomic E-state index is -4.47. The predicted octanol–water partition coefficient (Wildman–Crippen LogP) is 4.34. The Morgan fingerprint density at radius 2 is 2.05 bits per heavy atom. The van der Waals surface area contributed by atoms with Gasteiger partial charge in [-0.3, -0.25) is 4.79 Å². The van der Waals surface area contributed by atoms with E-state index in [9.17, 15) is 18.0 Å². The Bertz CT molecular complexity index is 512. The van der Waals surface area contributed by atoms with Gasteiger partial charge in [-0.15, -0.1) is 0 Å². The van der Waals surface area contributed by atoms with Crippen LogP contribution in [0.2, 0.25) is 0 Å². The third-order valence-corrected chi connectivity index (χ3v) is 4.31. The van der Waals surface area contributed by atoms with Crippen molar-refractivity contribution in [3.63, 3.8) is 0 Å². The van der Waals surface area contributed by atoms with E-state index >= 15 is 0 Å². The Morgan fingerprint density at radius 1 is 1.40 bits per heavy atom. The standard InChI is InChI=1S/C14H15BrF3NO/c1-19(8-9-3-2-4-9)13(20)10-5-6-12(15)11(7-10)14(16,17)18/h5-7,9H,2-4,8H2,1H3. The number of rotatable bonds is 3. The van der Waals surface area contributed by atoms with Crippen molar-refractivity contribution in [2.75, 3.05) is 13.6 Å². The van der Waals surface area contributed by atoms with Crippen LogP contribution in [-0.2, 0) is 6.18 Å². The summed E-state index contributed by atoms with van der Waals surface area (Å²) in [6.07, 6.45) is -1.12. The van der Waals surface area contributed by atoms with Crippen LogP contribution in [0.1, 0.15) is 35.2 Å². The van der Waals surface area contributed by atoms with Gasteiger partial charge >= 0.3 is 6.18 Å². The van der Waals surface area contributed by atoms with Gasteiger partial charge in [-0.05, 0) is 37.0 Å². The molecule has 0 bridgehead atoms. The highest BCUT2D eigenvalue weighted by Crippen LogP contribution is 2.35. The smallest absolute Gasteiger partial charge is 0.341 e. The normalized spacial score (nSPS) is 15.8. The molecule has 1 aliphatic carbocycles. The lowest BCUT2D eigenvalue weighted by Gasteiger charge is -2.30. The highest BCUT2D eigenvalue weighted by Gasteiger charge is 2.34. The molecule has 2 rings (SSSR count). The van der Waals surface area contributed by atoms with Crippen LogP contribution in [0.5, 0.6) is 0 Å². The van der Waals surface area contributed by atoms with E-state index in [1.165, 1.54) is 23.5 Å². The van der Waals surface area contributed by atoms with Crippen molar-refractivity contribution in [1.82, 2.24) is 4.90 Å². The molecule has 0 saturated heterocycles. The van der Waals surface area contributed by atoms with E-state index in [4.69, 9.17) is 0 Å². The van der Waals surface area contributed by atoms with E-state index in [-0.39, 0.29) is 15.9 Å². The van der Waals surface area contributed by atoms with E-state index in [2.05, 4.69) is 15.9 Å². The summed E-state index contributed by atoms with van der Waals surface area (Å²) in [5.41, 5.74) is -0.747. The second-order valence-corrected chi connectivity index (χ2v) is 6.03. The maximum atomic E-state index is 12.8. The fourth-order valence-electron chi connectivity index (χ4n) is 2.24. The van der Waals surface area contributed by atoms with Crippen LogP contribution >= 0.6 is 15.9 Å². The highest BCUT2D eigenvalue weighted by molar-refractivity contribution is 9.10. The maximum absolute atomic E-state index is 12.8. The van der Waals surface area contributed by atoms with Crippen LogP contribution in [0, 0.1) is 5.92 Å². The molecule has 0 spiro atoms. The van der Waals surface area contributed by atoms with E-state index in [1.807, 2.05) is 0 Å². The Kier molecular flexibility index (Phi) is 4.42. The Hall–Kier alpha value is -1.04. The minimum Gasteiger partial charge on any atom is -0.341 e. The Labute approximate surface area is 124 Å². The first-order valence-corrected chi connectivity index (χ1v) is 7.20. The van der Waals surface area contributed by atoms with E-state index < -0.39 is 11.7 Å². The quantitative estimate of drug-likeness (QED) is 0.794. The van der Waals surface area contributed by atoms with Gasteiger partial charge in [0.15, 0.2) is 0 Å². The molecular weight excluding hydrogens is 335 g/mol. The number of carbonyl (C=O) groups excluding carboxylic acids is 1. The van der Waals surface area contributed by atoms with Crippen molar-refractivity contribution in [1.29, 1.82) is 0 Å². The third kappa shape index (κ3) is 3.34. The van der Waals surface area contributed by atoms with Crippen LogP contribution in [0.3, 0.4) is 0 Å². The summed E-state index contributed by atoms with van der Waals surface area (Å²) in [5.74, 6) is 0.122. The van der Waals surface area contributed by atoms with Crippen LogP contribution in [-0.4, -0.2) is 24.4 Å². The van der Waals surface area contributed by atoms with Crippen molar-refractivity contribution in [3.8, 4) is 0 Å². The second kappa shape index (κ2) is 5.76. The number of hydrogen-bond donors (Lipinski definition) is 0. The van der Waals surface area contributed by atoms with Gasteiger partial charge in [0.05, 0.1) is 5.56 Å². The first-order chi connectivity index (χ1) is 9.29. The molecule has 1 aromatic rings. The zero-order valence-electron chi connectivity index (χ0n) is 11.0. The molecule has 1 fully saturated rings. The Balaban J connectivity index is 2.17. The molecule has 0 atom stereocenters. The zero-order valence-corrected chi connectivity index (χ0v) is 12.6. The SMILES string of the molecule is CN(CC1CCC1)C(=O)c1ccc(Br)c(C(F)(F)F)c1. The van der Waals surface area contributed by atoms with E-state index in [1.54, 1.807) is 7.05 Å². The molecule has 0 unspecified atom stereocenters. The van der Waals surface area contributed by atoms with Crippen molar-refractivity contribution in [3.05, 3.63) is 33.8 Å². The summed E-state index contributed by atoms with van der Waals surface area (Å²) in [5, 5.41) is 0. The largest absolute Gasteiger partial charge is 0.417 e. The van der Waals surface area contributed by atoms with Gasteiger partial charge in [-0.25, -0.2) is 0 Å². The maximum Gasteiger partial charge on any atom is 0.417 e. The molecule has 0 heterocycles. The zero-order chi connectivity index (χ0) is 14.9. The third-order valence-electron chi connectivity index (χ3n) is 3.62. The summed E-state index contributed by atoms with van der Waals surface area (Å²) in [4.78, 5) is 13.7. The lowest BCUT2D eigenvalue weighted by atomic mass is 9.85. The summed E-state index contributed by atoms with van der Waals surface area (Å²) in [6, 6.07) is 3.59. The number of alkyl halides is 3. The first kappa shape index (κ1) is 15.4. The molecule has 0 radical (unpaired) electrons. The topological polar surface area (TPSA) is 20.3 Å². The first-order valence-electron chi connectivity index (χ1n) is 6.41. The number of halogens is 4. The average Bonchev–Trinajstić information content (AvgIpc) is 2.31. The average molecular weight is 350 g/mol. The summed E-state index contributed by atoms with van der Waals surface area (Å²) >= 11 is 2.87. The van der Waals surface area contributed by atoms with E-state index in [0.29, 0.717) is 12.5 Å². The van der Waals surface area contributed by atoms with Gasteiger partial charge in [-0.1, -0.05) is 22.4 Å². The summed E-state index contributed by atoms with van der Waals surface area (Å²) in [7, 11) is 1.63. The molecule has 1 saturated carbocycles. The number of amides is 1. The van der Waals surface area contributed by atoms with Gasteiger partial charge < -0.3 is 4.90 Å². The molecule has 6 heteroatoms. The minimum absolute atomic E-state index is 0.0526. The summed E-state index contributed by atoms with van der Waals surface area (Å²) < 4.78 is 38.4. The number of hydrogen-bond acceptors (Lipinski definition) is 1. The highest BCUT2D eigenvalue weighted by atomic mass is 79.9. The van der Waals surface area contributed by atoms with Crippen molar-refractivity contribution >= 4 is 21.8 Å². The lowest BCUT2D eigenvalue weighted by molar-refractivity contribution is -0.138. The molecule has 0 aliphatic heterocycles. The van der Waals surface area contributed by atoms with Gasteiger partial charge in [-0.2, -0.15) is 13.2 Å². The molecule has 0 aromatic heterocycles. The molecule has 0 N–H and O–H groups in total.